The van der Waals surface area contributed by atoms with Crippen LogP contribution in [0.1, 0.15) is 18.6 Å². The molecule has 3 N–H and O–H groups in total. The third-order valence-electron chi connectivity index (χ3n) is 4.27. The monoisotopic (exact) mass is 416 g/mol. The molecule has 0 amide bonds. The maximum absolute atomic E-state index is 10.8. The summed E-state index contributed by atoms with van der Waals surface area (Å²) in [4.78, 5) is 10.8. The van der Waals surface area contributed by atoms with Crippen molar-refractivity contribution in [2.45, 2.75) is 13.0 Å². The van der Waals surface area contributed by atoms with Gasteiger partial charge in [0.05, 0.1) is 18.1 Å². The van der Waals surface area contributed by atoms with Gasteiger partial charge in [-0.15, -0.1) is 0 Å². The van der Waals surface area contributed by atoms with E-state index in [4.69, 9.17) is 25.9 Å². The zero-order valence-electron chi connectivity index (χ0n) is 15.7. The van der Waals surface area contributed by atoms with Gasteiger partial charge in [0.25, 0.3) is 0 Å². The smallest absolute Gasteiger partial charge is 0.460 e. The summed E-state index contributed by atoms with van der Waals surface area (Å²) in [5.41, 5.74) is 5.42. The summed E-state index contributed by atoms with van der Waals surface area (Å²) in [6, 6.07) is 15.9. The molecule has 1 atom stereocenters. The van der Waals surface area contributed by atoms with Gasteiger partial charge in [0, 0.05) is 29.7 Å². The fourth-order valence-electron chi connectivity index (χ4n) is 2.91. The first-order valence-electron chi connectivity index (χ1n) is 9.01. The van der Waals surface area contributed by atoms with Crippen LogP contribution in [0.25, 0.3) is 11.3 Å². The van der Waals surface area contributed by atoms with Crippen molar-refractivity contribution in [3.05, 3.63) is 71.4 Å². The number of hydrogen-bond acceptors (Lipinski definition) is 6. The van der Waals surface area contributed by atoms with Crippen molar-refractivity contribution < 1.29 is 24.2 Å². The predicted molar refractivity (Wildman–Crippen MR) is 110 cm³/mol. The van der Waals surface area contributed by atoms with E-state index in [1.807, 2.05) is 36.2 Å². The Morgan fingerprint density at radius 3 is 2.76 bits per heavy atom. The van der Waals surface area contributed by atoms with Gasteiger partial charge in [-0.2, -0.15) is 0 Å². The maximum atomic E-state index is 10.8. The van der Waals surface area contributed by atoms with E-state index in [0.29, 0.717) is 22.9 Å². The molecule has 0 saturated carbocycles. The Morgan fingerprint density at radius 1 is 1.24 bits per heavy atom. The highest BCUT2D eigenvalue weighted by Gasteiger charge is 2.16. The molecule has 0 fully saturated rings. The standard InChI is InChI=1S/C21H21ClN2O5/c1-2-24(23-13-18(25)14-5-3-7-16(22)11-14)17-8-4-6-15(12-17)20-19(9-10-28-20)29-21(26)27/h3-12,18,23,25H,2,13H2,1H3,(H,26,27)/t18-/m0/s1. The lowest BCUT2D eigenvalue weighted by Crippen LogP contribution is -2.40. The highest BCUT2D eigenvalue weighted by molar-refractivity contribution is 6.30. The van der Waals surface area contributed by atoms with Gasteiger partial charge in [0.15, 0.2) is 11.5 Å². The molecule has 0 aliphatic rings. The van der Waals surface area contributed by atoms with E-state index in [0.717, 1.165) is 11.3 Å². The zero-order valence-corrected chi connectivity index (χ0v) is 16.5. The van der Waals surface area contributed by atoms with Gasteiger partial charge < -0.3 is 24.4 Å². The van der Waals surface area contributed by atoms with E-state index in [2.05, 4.69) is 5.43 Å². The average Bonchev–Trinajstić information content (AvgIpc) is 3.16. The van der Waals surface area contributed by atoms with Crippen LogP contribution in [0.3, 0.4) is 0 Å². The topological polar surface area (TPSA) is 95.2 Å². The van der Waals surface area contributed by atoms with Crippen LogP contribution in [0.4, 0.5) is 10.5 Å². The molecular weight excluding hydrogens is 396 g/mol. The summed E-state index contributed by atoms with van der Waals surface area (Å²) in [6.45, 7) is 2.88. The number of benzene rings is 2. The molecule has 1 heterocycles. The fourth-order valence-corrected chi connectivity index (χ4v) is 3.11. The summed E-state index contributed by atoms with van der Waals surface area (Å²) in [7, 11) is 0. The highest BCUT2D eigenvalue weighted by Crippen LogP contribution is 2.33. The van der Waals surface area contributed by atoms with Crippen molar-refractivity contribution in [1.82, 2.24) is 5.43 Å². The second-order valence-electron chi connectivity index (χ2n) is 6.21. The number of hydrogen-bond donors (Lipinski definition) is 3. The van der Waals surface area contributed by atoms with Crippen molar-refractivity contribution >= 4 is 23.4 Å². The number of rotatable bonds is 8. The van der Waals surface area contributed by atoms with Crippen LogP contribution in [-0.4, -0.2) is 29.5 Å². The maximum Gasteiger partial charge on any atom is 0.511 e. The van der Waals surface area contributed by atoms with Crippen LogP contribution in [-0.2, 0) is 0 Å². The molecule has 7 nitrogen and oxygen atoms in total. The highest BCUT2D eigenvalue weighted by atomic mass is 35.5. The number of ether oxygens (including phenoxy) is 1. The molecule has 8 heteroatoms. The molecule has 0 aliphatic carbocycles. The number of nitrogens with one attached hydrogen (secondary N) is 1. The Hall–Kier alpha value is -3.00. The number of furan rings is 1. The van der Waals surface area contributed by atoms with Crippen LogP contribution < -0.4 is 15.2 Å². The number of nitrogens with zero attached hydrogens (tertiary/aromatic N) is 1. The van der Waals surface area contributed by atoms with E-state index in [1.54, 1.807) is 24.3 Å². The molecule has 2 aromatic carbocycles. The number of hydrazine groups is 1. The number of halogens is 1. The SMILES string of the molecule is CCN(NC[C@H](O)c1cccc(Cl)c1)c1cccc(-c2occc2OC(=O)O)c1. The van der Waals surface area contributed by atoms with Gasteiger partial charge in [-0.1, -0.05) is 35.9 Å². The average molecular weight is 417 g/mol. The lowest BCUT2D eigenvalue weighted by molar-refractivity contribution is 0.144. The lowest BCUT2D eigenvalue weighted by atomic mass is 10.1. The first-order valence-corrected chi connectivity index (χ1v) is 9.39. The molecule has 0 aliphatic heterocycles. The van der Waals surface area contributed by atoms with Crippen molar-refractivity contribution in [3.63, 3.8) is 0 Å². The summed E-state index contributed by atoms with van der Waals surface area (Å²) in [6.07, 6.45) is -0.764. The van der Waals surface area contributed by atoms with E-state index < -0.39 is 12.3 Å². The Kier molecular flexibility index (Phi) is 6.77. The Balaban J connectivity index is 1.74. The molecule has 3 aromatic rings. The van der Waals surface area contributed by atoms with E-state index in [1.165, 1.54) is 12.3 Å². The van der Waals surface area contributed by atoms with E-state index in [9.17, 15) is 9.90 Å². The fraction of sp³-hybridized carbons (Fsp3) is 0.190. The van der Waals surface area contributed by atoms with Gasteiger partial charge in [-0.25, -0.2) is 10.2 Å². The number of anilines is 1. The normalized spacial score (nSPS) is 11.8. The van der Waals surface area contributed by atoms with Gasteiger partial charge in [-0.05, 0) is 36.8 Å². The summed E-state index contributed by atoms with van der Waals surface area (Å²) in [5.74, 6) is 0.450. The van der Waals surface area contributed by atoms with Crippen LogP contribution in [0.2, 0.25) is 5.02 Å². The molecule has 0 saturated heterocycles. The summed E-state index contributed by atoms with van der Waals surface area (Å²) < 4.78 is 10.2. The Bertz CT molecular complexity index is 975. The molecule has 0 spiro atoms. The molecule has 0 unspecified atom stereocenters. The molecule has 0 bridgehead atoms. The molecular formula is C21H21ClN2O5. The Labute approximate surface area is 173 Å². The van der Waals surface area contributed by atoms with Crippen molar-refractivity contribution in [1.29, 1.82) is 0 Å². The minimum atomic E-state index is -1.41. The number of aliphatic hydroxyl groups excluding tert-OH is 1. The molecule has 29 heavy (non-hydrogen) atoms. The second-order valence-corrected chi connectivity index (χ2v) is 6.65. The van der Waals surface area contributed by atoms with Crippen molar-refractivity contribution in [2.75, 3.05) is 18.1 Å². The van der Waals surface area contributed by atoms with E-state index in [-0.39, 0.29) is 12.3 Å². The largest absolute Gasteiger partial charge is 0.511 e. The molecule has 1 aromatic heterocycles. The minimum absolute atomic E-state index is 0.127. The van der Waals surface area contributed by atoms with Crippen LogP contribution in [0.15, 0.2) is 65.3 Å². The predicted octanol–water partition coefficient (Wildman–Crippen LogP) is 4.72. The van der Waals surface area contributed by atoms with Crippen LogP contribution >= 0.6 is 11.6 Å². The van der Waals surface area contributed by atoms with Gasteiger partial charge in [-0.3, -0.25) is 0 Å². The van der Waals surface area contributed by atoms with Gasteiger partial charge in [0.1, 0.15) is 0 Å². The lowest BCUT2D eigenvalue weighted by Gasteiger charge is -2.26. The van der Waals surface area contributed by atoms with Gasteiger partial charge >= 0.3 is 6.16 Å². The molecule has 152 valence electrons. The molecule has 3 rings (SSSR count). The number of aliphatic hydroxyl groups is 1. The van der Waals surface area contributed by atoms with Crippen LogP contribution in [0, 0.1) is 0 Å². The summed E-state index contributed by atoms with van der Waals surface area (Å²) in [5, 5.41) is 21.7. The van der Waals surface area contributed by atoms with Crippen LogP contribution in [0.5, 0.6) is 5.75 Å². The van der Waals surface area contributed by atoms with Crippen molar-refractivity contribution in [2.24, 2.45) is 0 Å². The third kappa shape index (κ3) is 5.29. The first kappa shape index (κ1) is 20.7. The number of carboxylic acid groups (broad SMARTS) is 1. The summed E-state index contributed by atoms with van der Waals surface area (Å²) >= 11 is 5.99. The number of carbonyl (C=O) groups is 1. The minimum Gasteiger partial charge on any atom is -0.460 e. The van der Waals surface area contributed by atoms with E-state index >= 15 is 0 Å². The molecule has 0 radical (unpaired) electrons. The zero-order chi connectivity index (χ0) is 20.8. The van der Waals surface area contributed by atoms with Gasteiger partial charge in [0.2, 0.25) is 0 Å². The third-order valence-corrected chi connectivity index (χ3v) is 4.51. The quantitative estimate of drug-likeness (QED) is 0.361. The second kappa shape index (κ2) is 9.47. The first-order chi connectivity index (χ1) is 14.0. The Morgan fingerprint density at radius 2 is 2.03 bits per heavy atom. The van der Waals surface area contributed by atoms with Crippen molar-refractivity contribution in [3.8, 4) is 17.1 Å².